The quantitative estimate of drug-likeness (QED) is 0.635. The number of rotatable bonds is 10. The minimum absolute atomic E-state index is 0.0432. The number of benzene rings is 1. The summed E-state index contributed by atoms with van der Waals surface area (Å²) in [6.07, 6.45) is 3.03. The monoisotopic (exact) mass is 362 g/mol. The number of hydrogen-bond acceptors (Lipinski definition) is 5. The van der Waals surface area contributed by atoms with Crippen molar-refractivity contribution in [3.05, 3.63) is 54.2 Å². The highest BCUT2D eigenvalue weighted by Crippen LogP contribution is 2.12. The minimum Gasteiger partial charge on any atom is -0.370 e. The molecule has 1 heterocycles. The molecule has 2 N–H and O–H groups in total. The van der Waals surface area contributed by atoms with Gasteiger partial charge in [-0.1, -0.05) is 30.3 Å². The number of aromatic nitrogens is 1. The van der Waals surface area contributed by atoms with Crippen LogP contribution in [0.3, 0.4) is 0 Å². The van der Waals surface area contributed by atoms with E-state index >= 15 is 0 Å². The van der Waals surface area contributed by atoms with Crippen molar-refractivity contribution < 1.29 is 8.42 Å². The van der Waals surface area contributed by atoms with Crippen LogP contribution in [0.4, 0.5) is 11.5 Å². The van der Waals surface area contributed by atoms with Crippen LogP contribution in [0.15, 0.2) is 48.7 Å². The van der Waals surface area contributed by atoms with Gasteiger partial charge in [0.05, 0.1) is 17.6 Å². The van der Waals surface area contributed by atoms with Gasteiger partial charge < -0.3 is 10.2 Å². The molecule has 0 saturated carbocycles. The Balaban J connectivity index is 1.81. The first-order valence-corrected chi connectivity index (χ1v) is 9.99. The van der Waals surface area contributed by atoms with Crippen LogP contribution in [-0.2, 0) is 16.4 Å². The lowest BCUT2D eigenvalue weighted by molar-refractivity contribution is 0.405. The second-order valence-electron chi connectivity index (χ2n) is 6.17. The van der Waals surface area contributed by atoms with Crippen LogP contribution < -0.4 is 10.0 Å². The maximum atomic E-state index is 12.2. The number of anilines is 2. The van der Waals surface area contributed by atoms with Crippen LogP contribution in [-0.4, -0.2) is 51.2 Å². The summed E-state index contributed by atoms with van der Waals surface area (Å²) in [5, 5.41) is 3.22. The average Bonchev–Trinajstić information content (AvgIpc) is 2.59. The normalized spacial score (nSPS) is 11.5. The highest BCUT2D eigenvalue weighted by atomic mass is 32.2. The van der Waals surface area contributed by atoms with Crippen molar-refractivity contribution in [2.24, 2.45) is 0 Å². The molecule has 0 bridgehead atoms. The molecule has 6 nitrogen and oxygen atoms in total. The summed E-state index contributed by atoms with van der Waals surface area (Å²) >= 11 is 0. The fourth-order valence-electron chi connectivity index (χ4n) is 2.30. The highest BCUT2D eigenvalue weighted by molar-refractivity contribution is 7.92. The van der Waals surface area contributed by atoms with E-state index in [0.717, 1.165) is 30.9 Å². The lowest BCUT2D eigenvalue weighted by atomic mass is 10.2. The molecule has 1 aromatic carbocycles. The molecule has 0 spiro atoms. The van der Waals surface area contributed by atoms with Crippen molar-refractivity contribution in [2.45, 2.75) is 12.8 Å². The first kappa shape index (κ1) is 19.2. The number of aryl methyl sites for hydroxylation is 1. The van der Waals surface area contributed by atoms with E-state index in [9.17, 15) is 8.42 Å². The summed E-state index contributed by atoms with van der Waals surface area (Å²) in [4.78, 5) is 6.37. The van der Waals surface area contributed by atoms with Gasteiger partial charge in [-0.15, -0.1) is 0 Å². The molecule has 2 rings (SSSR count). The van der Waals surface area contributed by atoms with Gasteiger partial charge in [0.25, 0.3) is 0 Å². The Morgan fingerprint density at radius 1 is 1.08 bits per heavy atom. The van der Waals surface area contributed by atoms with Gasteiger partial charge in [0.15, 0.2) is 0 Å². The third-order valence-electron chi connectivity index (χ3n) is 3.63. The van der Waals surface area contributed by atoms with Gasteiger partial charge in [-0.3, -0.25) is 4.72 Å². The summed E-state index contributed by atoms with van der Waals surface area (Å²) in [5.74, 6) is 0.785. The smallest absolute Gasteiger partial charge is 0.233 e. The Hall–Kier alpha value is -2.12. The topological polar surface area (TPSA) is 74.3 Å². The van der Waals surface area contributed by atoms with E-state index in [0.29, 0.717) is 12.1 Å². The van der Waals surface area contributed by atoms with Crippen molar-refractivity contribution in [3.63, 3.8) is 0 Å². The van der Waals surface area contributed by atoms with Crippen LogP contribution >= 0.6 is 0 Å². The lowest BCUT2D eigenvalue weighted by Crippen LogP contribution is -2.18. The second kappa shape index (κ2) is 9.39. The molecule has 136 valence electrons. The molecule has 0 aliphatic carbocycles. The average molecular weight is 362 g/mol. The fourth-order valence-corrected chi connectivity index (χ4v) is 3.38. The van der Waals surface area contributed by atoms with E-state index in [2.05, 4.69) is 19.9 Å². The van der Waals surface area contributed by atoms with E-state index in [1.807, 2.05) is 44.4 Å². The first-order valence-electron chi connectivity index (χ1n) is 8.34. The zero-order valence-corrected chi connectivity index (χ0v) is 15.6. The van der Waals surface area contributed by atoms with Crippen molar-refractivity contribution in [2.75, 3.05) is 43.0 Å². The lowest BCUT2D eigenvalue weighted by Gasteiger charge is -2.11. The van der Waals surface area contributed by atoms with Gasteiger partial charge in [-0.2, -0.15) is 0 Å². The van der Waals surface area contributed by atoms with E-state index in [-0.39, 0.29) is 5.75 Å². The number of sulfonamides is 1. The van der Waals surface area contributed by atoms with Gasteiger partial charge in [-0.05, 0) is 51.2 Å². The van der Waals surface area contributed by atoms with Gasteiger partial charge in [0, 0.05) is 6.54 Å². The molecule has 1 aromatic heterocycles. The maximum Gasteiger partial charge on any atom is 0.233 e. The third kappa shape index (κ3) is 7.53. The van der Waals surface area contributed by atoms with Gasteiger partial charge in [0.2, 0.25) is 10.0 Å². The molecular weight excluding hydrogens is 336 g/mol. The molecular formula is C18H26N4O2S. The fraction of sp³-hybridized carbons (Fsp3) is 0.389. The summed E-state index contributed by atoms with van der Waals surface area (Å²) in [7, 11) is 0.685. The molecule has 0 fully saturated rings. The van der Waals surface area contributed by atoms with E-state index in [1.54, 1.807) is 12.1 Å². The van der Waals surface area contributed by atoms with Crippen LogP contribution in [0.1, 0.15) is 12.0 Å². The first-order chi connectivity index (χ1) is 11.9. The largest absolute Gasteiger partial charge is 0.370 e. The second-order valence-corrected chi connectivity index (χ2v) is 8.01. The Labute approximate surface area is 150 Å². The number of hydrogen-bond donors (Lipinski definition) is 2. The molecule has 7 heteroatoms. The Kier molecular flexibility index (Phi) is 7.21. The van der Waals surface area contributed by atoms with E-state index in [1.165, 1.54) is 6.20 Å². The predicted octanol–water partition coefficient (Wildman–Crippen LogP) is 2.43. The molecule has 0 aliphatic rings. The number of pyridine rings is 1. The molecule has 0 aliphatic heterocycles. The van der Waals surface area contributed by atoms with Gasteiger partial charge in [-0.25, -0.2) is 13.4 Å². The van der Waals surface area contributed by atoms with Crippen molar-refractivity contribution in [1.82, 2.24) is 9.88 Å². The Bertz CT molecular complexity index is 731. The van der Waals surface area contributed by atoms with Crippen LogP contribution in [0, 0.1) is 0 Å². The van der Waals surface area contributed by atoms with Crippen LogP contribution in [0.25, 0.3) is 0 Å². The van der Waals surface area contributed by atoms with Crippen molar-refractivity contribution >= 4 is 21.5 Å². The predicted molar refractivity (Wildman–Crippen MR) is 103 cm³/mol. The molecule has 0 saturated heterocycles. The zero-order valence-electron chi connectivity index (χ0n) is 14.8. The minimum atomic E-state index is -3.39. The van der Waals surface area contributed by atoms with Crippen molar-refractivity contribution in [1.29, 1.82) is 0 Å². The Morgan fingerprint density at radius 3 is 2.48 bits per heavy atom. The molecule has 25 heavy (non-hydrogen) atoms. The zero-order chi connectivity index (χ0) is 18.1. The van der Waals surface area contributed by atoms with Gasteiger partial charge in [0.1, 0.15) is 5.82 Å². The van der Waals surface area contributed by atoms with Gasteiger partial charge >= 0.3 is 0 Å². The molecule has 0 radical (unpaired) electrons. The van der Waals surface area contributed by atoms with E-state index in [4.69, 9.17) is 0 Å². The summed E-state index contributed by atoms with van der Waals surface area (Å²) < 4.78 is 26.9. The maximum absolute atomic E-state index is 12.2. The molecule has 0 amide bonds. The number of nitrogens with one attached hydrogen (secondary N) is 2. The highest BCUT2D eigenvalue weighted by Gasteiger charge is 2.11. The molecule has 0 atom stereocenters. The standard InChI is InChI=1S/C18H26N4O2S/c1-22(2)13-6-12-19-18-10-9-17(15-20-18)21-25(23,24)14-11-16-7-4-3-5-8-16/h3-5,7-10,15,21H,6,11-14H2,1-2H3,(H,19,20). The van der Waals surface area contributed by atoms with Crippen LogP contribution in [0.5, 0.6) is 0 Å². The summed E-state index contributed by atoms with van der Waals surface area (Å²) in [6.45, 7) is 1.83. The van der Waals surface area contributed by atoms with Crippen LogP contribution in [0.2, 0.25) is 0 Å². The number of nitrogens with zero attached hydrogens (tertiary/aromatic N) is 2. The summed E-state index contributed by atoms with van der Waals surface area (Å²) in [6, 6.07) is 13.1. The molecule has 0 unspecified atom stereocenters. The Morgan fingerprint density at radius 2 is 1.84 bits per heavy atom. The van der Waals surface area contributed by atoms with E-state index < -0.39 is 10.0 Å². The molecule has 2 aromatic rings. The van der Waals surface area contributed by atoms with Crippen molar-refractivity contribution in [3.8, 4) is 0 Å². The SMILES string of the molecule is CN(C)CCCNc1ccc(NS(=O)(=O)CCc2ccccc2)cn1. The summed E-state index contributed by atoms with van der Waals surface area (Å²) in [5.41, 5.74) is 1.48. The third-order valence-corrected chi connectivity index (χ3v) is 4.92.